The van der Waals surface area contributed by atoms with Gasteiger partial charge in [0.25, 0.3) is 0 Å². The second-order valence-electron chi connectivity index (χ2n) is 4.97. The van der Waals surface area contributed by atoms with E-state index >= 15 is 0 Å². The maximum Gasteiger partial charge on any atom is 0.321 e. The van der Waals surface area contributed by atoms with Crippen LogP contribution < -0.4 is 16.0 Å². The maximum absolute atomic E-state index is 11.9. The molecule has 2 rings (SSSR count). The molecular weight excluding hydrogens is 294 g/mol. The van der Waals surface area contributed by atoms with E-state index < -0.39 is 17.9 Å². The molecule has 7 heteroatoms. The third kappa shape index (κ3) is 4.19. The third-order valence-electron chi connectivity index (χ3n) is 3.34. The van der Waals surface area contributed by atoms with Crippen LogP contribution in [-0.4, -0.2) is 23.9 Å². The average molecular weight is 310 g/mol. The van der Waals surface area contributed by atoms with Crippen molar-refractivity contribution in [2.24, 2.45) is 5.92 Å². The Hall–Kier alpha value is -2.08. The highest BCUT2D eigenvalue weighted by molar-refractivity contribution is 6.30. The van der Waals surface area contributed by atoms with E-state index in [1.807, 2.05) is 12.1 Å². The summed E-state index contributed by atoms with van der Waals surface area (Å²) in [7, 11) is 0. The Morgan fingerprint density at radius 1 is 1.29 bits per heavy atom. The van der Waals surface area contributed by atoms with Crippen LogP contribution in [0.4, 0.5) is 4.79 Å². The van der Waals surface area contributed by atoms with Gasteiger partial charge in [0.2, 0.25) is 11.8 Å². The van der Waals surface area contributed by atoms with E-state index in [0.29, 0.717) is 11.6 Å². The number of hydrogen-bond donors (Lipinski definition) is 3. The van der Waals surface area contributed by atoms with Crippen molar-refractivity contribution < 1.29 is 14.4 Å². The van der Waals surface area contributed by atoms with Crippen LogP contribution in [0.1, 0.15) is 18.9 Å². The minimum absolute atomic E-state index is 0.0286. The molecule has 0 aromatic heterocycles. The number of carbonyl (C=O) groups is 3. The first-order chi connectivity index (χ1) is 9.95. The van der Waals surface area contributed by atoms with Crippen LogP contribution >= 0.6 is 11.6 Å². The Kier molecular flexibility index (Phi) is 4.80. The molecule has 0 aliphatic carbocycles. The molecule has 1 aromatic carbocycles. The van der Waals surface area contributed by atoms with Gasteiger partial charge in [0.05, 0.1) is 5.92 Å². The van der Waals surface area contributed by atoms with Crippen LogP contribution in [0.5, 0.6) is 0 Å². The normalized spacial score (nSPS) is 21.4. The number of amides is 4. The lowest BCUT2D eigenvalue weighted by Crippen LogP contribution is -2.57. The highest BCUT2D eigenvalue weighted by atomic mass is 35.5. The van der Waals surface area contributed by atoms with Crippen molar-refractivity contribution in [2.75, 3.05) is 0 Å². The predicted molar refractivity (Wildman–Crippen MR) is 77.5 cm³/mol. The highest BCUT2D eigenvalue weighted by Gasteiger charge is 2.33. The molecule has 1 saturated heterocycles. The van der Waals surface area contributed by atoms with Crippen molar-refractivity contribution in [3.8, 4) is 0 Å². The smallest absolute Gasteiger partial charge is 0.321 e. The quantitative estimate of drug-likeness (QED) is 0.781. The van der Waals surface area contributed by atoms with Gasteiger partial charge in [-0.15, -0.1) is 0 Å². The highest BCUT2D eigenvalue weighted by Crippen LogP contribution is 2.13. The fourth-order valence-electron chi connectivity index (χ4n) is 2.12. The van der Waals surface area contributed by atoms with Gasteiger partial charge in [0, 0.05) is 24.0 Å². The van der Waals surface area contributed by atoms with Gasteiger partial charge in [-0.1, -0.05) is 23.7 Å². The van der Waals surface area contributed by atoms with Crippen LogP contribution in [0.25, 0.3) is 0 Å². The SMILES string of the molecule is CC1NC(=O)NC(=O)C1CC(=O)NCc1ccc(Cl)cc1. The largest absolute Gasteiger partial charge is 0.352 e. The molecule has 1 aromatic rings. The Morgan fingerprint density at radius 3 is 2.57 bits per heavy atom. The first kappa shape index (κ1) is 15.3. The second kappa shape index (κ2) is 6.58. The maximum atomic E-state index is 11.9. The number of nitrogens with one attached hydrogen (secondary N) is 3. The lowest BCUT2D eigenvalue weighted by Gasteiger charge is -2.28. The molecular formula is C14H16ClN3O3. The minimum atomic E-state index is -0.562. The summed E-state index contributed by atoms with van der Waals surface area (Å²) in [4.78, 5) is 34.7. The van der Waals surface area contributed by atoms with E-state index in [1.165, 1.54) is 0 Å². The summed E-state index contributed by atoms with van der Waals surface area (Å²) in [6.45, 7) is 2.07. The summed E-state index contributed by atoms with van der Waals surface area (Å²) in [5, 5.41) is 8.12. The van der Waals surface area contributed by atoms with E-state index in [2.05, 4.69) is 16.0 Å². The molecule has 2 atom stereocenters. The Labute approximate surface area is 127 Å². The molecule has 1 aliphatic rings. The molecule has 6 nitrogen and oxygen atoms in total. The second-order valence-corrected chi connectivity index (χ2v) is 5.40. The van der Waals surface area contributed by atoms with E-state index in [9.17, 15) is 14.4 Å². The Morgan fingerprint density at radius 2 is 1.95 bits per heavy atom. The molecule has 0 radical (unpaired) electrons. The van der Waals surface area contributed by atoms with Crippen molar-refractivity contribution >= 4 is 29.4 Å². The number of imide groups is 1. The standard InChI is InChI=1S/C14H16ClN3O3/c1-8-11(13(20)18-14(21)17-8)6-12(19)16-7-9-2-4-10(15)5-3-9/h2-5,8,11H,6-7H2,1H3,(H,16,19)(H2,17,18,20,21). The van der Waals surface area contributed by atoms with Gasteiger partial charge in [-0.25, -0.2) is 4.79 Å². The van der Waals surface area contributed by atoms with Crippen molar-refractivity contribution in [2.45, 2.75) is 25.9 Å². The molecule has 112 valence electrons. The topological polar surface area (TPSA) is 87.3 Å². The van der Waals surface area contributed by atoms with Crippen LogP contribution in [0.3, 0.4) is 0 Å². The Bertz CT molecular complexity index is 559. The summed E-state index contributed by atoms with van der Waals surface area (Å²) < 4.78 is 0. The van der Waals surface area contributed by atoms with Gasteiger partial charge in [0.15, 0.2) is 0 Å². The van der Waals surface area contributed by atoms with Crippen LogP contribution in [0.15, 0.2) is 24.3 Å². The lowest BCUT2D eigenvalue weighted by atomic mass is 9.94. The lowest BCUT2D eigenvalue weighted by molar-refractivity contribution is -0.131. The molecule has 21 heavy (non-hydrogen) atoms. The number of carbonyl (C=O) groups excluding carboxylic acids is 3. The van der Waals surface area contributed by atoms with Crippen LogP contribution in [0.2, 0.25) is 5.02 Å². The molecule has 0 spiro atoms. The summed E-state index contributed by atoms with van der Waals surface area (Å²) in [5.41, 5.74) is 0.919. The van der Waals surface area contributed by atoms with Gasteiger partial charge in [-0.05, 0) is 24.6 Å². The molecule has 1 heterocycles. The zero-order valence-corrected chi connectivity index (χ0v) is 12.2. The van der Waals surface area contributed by atoms with Crippen molar-refractivity contribution in [1.29, 1.82) is 0 Å². The van der Waals surface area contributed by atoms with E-state index in [1.54, 1.807) is 19.1 Å². The molecule has 1 fully saturated rings. The molecule has 2 unspecified atom stereocenters. The summed E-state index contributed by atoms with van der Waals surface area (Å²) in [6.07, 6.45) is 0.0286. The molecule has 1 aliphatic heterocycles. The number of hydrogen-bond acceptors (Lipinski definition) is 3. The number of benzene rings is 1. The fraction of sp³-hybridized carbons (Fsp3) is 0.357. The van der Waals surface area contributed by atoms with Crippen LogP contribution in [0, 0.1) is 5.92 Å². The third-order valence-corrected chi connectivity index (χ3v) is 3.60. The first-order valence-corrected chi connectivity index (χ1v) is 6.96. The van der Waals surface area contributed by atoms with Crippen molar-refractivity contribution in [1.82, 2.24) is 16.0 Å². The average Bonchev–Trinajstić information content (AvgIpc) is 2.42. The minimum Gasteiger partial charge on any atom is -0.352 e. The number of rotatable bonds is 4. The van der Waals surface area contributed by atoms with Gasteiger partial charge < -0.3 is 10.6 Å². The molecule has 3 N–H and O–H groups in total. The summed E-state index contributed by atoms with van der Waals surface area (Å²) in [6, 6.07) is 6.24. The molecule has 4 amide bonds. The Balaban J connectivity index is 1.85. The zero-order valence-electron chi connectivity index (χ0n) is 11.5. The van der Waals surface area contributed by atoms with Crippen LogP contribution in [-0.2, 0) is 16.1 Å². The van der Waals surface area contributed by atoms with E-state index in [4.69, 9.17) is 11.6 Å². The first-order valence-electron chi connectivity index (χ1n) is 6.58. The van der Waals surface area contributed by atoms with E-state index in [0.717, 1.165) is 5.56 Å². The van der Waals surface area contributed by atoms with Gasteiger partial charge in [-0.2, -0.15) is 0 Å². The molecule has 0 saturated carbocycles. The van der Waals surface area contributed by atoms with Gasteiger partial charge in [0.1, 0.15) is 0 Å². The van der Waals surface area contributed by atoms with Gasteiger partial charge in [-0.3, -0.25) is 14.9 Å². The summed E-state index contributed by atoms with van der Waals surface area (Å²) >= 11 is 5.78. The number of halogens is 1. The zero-order chi connectivity index (χ0) is 15.4. The molecule has 0 bridgehead atoms. The van der Waals surface area contributed by atoms with E-state index in [-0.39, 0.29) is 18.4 Å². The van der Waals surface area contributed by atoms with Crippen molar-refractivity contribution in [3.63, 3.8) is 0 Å². The monoisotopic (exact) mass is 309 g/mol. The summed E-state index contributed by atoms with van der Waals surface area (Å²) in [5.74, 6) is -1.23. The van der Waals surface area contributed by atoms with Crippen molar-refractivity contribution in [3.05, 3.63) is 34.9 Å². The predicted octanol–water partition coefficient (Wildman–Crippen LogP) is 1.19. The van der Waals surface area contributed by atoms with Gasteiger partial charge >= 0.3 is 6.03 Å². The fourth-order valence-corrected chi connectivity index (χ4v) is 2.25. The number of urea groups is 1.